The first-order valence-electron chi connectivity index (χ1n) is 9.08. The van der Waals surface area contributed by atoms with Crippen LogP contribution in [0.15, 0.2) is 48.5 Å². The summed E-state index contributed by atoms with van der Waals surface area (Å²) in [6, 6.07) is 13.2. The molecule has 0 spiro atoms. The molecule has 29 heavy (non-hydrogen) atoms. The van der Waals surface area contributed by atoms with E-state index >= 15 is 0 Å². The summed E-state index contributed by atoms with van der Waals surface area (Å²) in [5, 5.41) is 4.06. The minimum atomic E-state index is -3.65. The number of rotatable bonds is 10. The molecule has 0 bridgehead atoms. The quantitative estimate of drug-likeness (QED) is 0.511. The zero-order valence-electron chi connectivity index (χ0n) is 16.3. The van der Waals surface area contributed by atoms with Gasteiger partial charge in [0.2, 0.25) is 15.9 Å². The molecule has 2 rings (SSSR count). The summed E-state index contributed by atoms with van der Waals surface area (Å²) in [5.74, 6) is 1.10. The molecule has 0 saturated heterocycles. The molecule has 5 nitrogen and oxygen atoms in total. The molecule has 2 aromatic carbocycles. The van der Waals surface area contributed by atoms with Crippen molar-refractivity contribution in [3.8, 4) is 0 Å². The highest BCUT2D eigenvalue weighted by Crippen LogP contribution is 2.24. The van der Waals surface area contributed by atoms with Crippen LogP contribution in [-0.4, -0.2) is 38.9 Å². The molecule has 1 N–H and O–H groups in total. The number of anilines is 1. The van der Waals surface area contributed by atoms with Crippen molar-refractivity contribution in [1.29, 1.82) is 0 Å². The summed E-state index contributed by atoms with van der Waals surface area (Å²) in [5.41, 5.74) is 1.45. The van der Waals surface area contributed by atoms with Crippen LogP contribution in [0.25, 0.3) is 0 Å². The predicted molar refractivity (Wildman–Crippen MR) is 123 cm³/mol. The lowest BCUT2D eigenvalue weighted by molar-refractivity contribution is -0.122. The van der Waals surface area contributed by atoms with Crippen LogP contribution >= 0.6 is 35.0 Å². The summed E-state index contributed by atoms with van der Waals surface area (Å²) in [4.78, 5) is 12.7. The standard InChI is InChI=1S/C20H24Cl2N2O3S2/c1-3-19(24(29(2,26)27)17-10-8-16(21)9-11-17)20(25)23-12-13-28-14-15-6-4-5-7-18(15)22/h4-11,19H,3,12-14H2,1-2H3,(H,23,25)/t19-/m1/s1. The van der Waals surface area contributed by atoms with E-state index in [-0.39, 0.29) is 5.91 Å². The van der Waals surface area contributed by atoms with E-state index < -0.39 is 16.1 Å². The molecule has 0 aliphatic rings. The number of thioether (sulfide) groups is 1. The molecule has 1 atom stereocenters. The number of amides is 1. The molecule has 0 unspecified atom stereocenters. The van der Waals surface area contributed by atoms with Gasteiger partial charge in [-0.3, -0.25) is 9.10 Å². The van der Waals surface area contributed by atoms with Gasteiger partial charge >= 0.3 is 0 Å². The Bertz CT molecular complexity index is 922. The van der Waals surface area contributed by atoms with E-state index in [2.05, 4.69) is 5.32 Å². The molecule has 1 amide bonds. The molecular weight excluding hydrogens is 451 g/mol. The molecule has 0 aromatic heterocycles. The van der Waals surface area contributed by atoms with Gasteiger partial charge in [0.1, 0.15) is 6.04 Å². The van der Waals surface area contributed by atoms with Crippen molar-refractivity contribution in [2.24, 2.45) is 0 Å². The Hall–Kier alpha value is -1.41. The van der Waals surface area contributed by atoms with Gasteiger partial charge in [-0.05, 0) is 42.3 Å². The second kappa shape index (κ2) is 11.1. The van der Waals surface area contributed by atoms with Crippen molar-refractivity contribution in [3.05, 3.63) is 64.1 Å². The van der Waals surface area contributed by atoms with Crippen LogP contribution in [0.2, 0.25) is 10.0 Å². The molecule has 0 aliphatic carbocycles. The predicted octanol–water partition coefficient (Wildman–Crippen LogP) is 4.59. The average Bonchev–Trinajstić information content (AvgIpc) is 2.67. The van der Waals surface area contributed by atoms with Crippen molar-refractivity contribution in [2.75, 3.05) is 22.9 Å². The molecule has 0 fully saturated rings. The number of hydrogen-bond donors (Lipinski definition) is 1. The lowest BCUT2D eigenvalue weighted by atomic mass is 10.2. The highest BCUT2D eigenvalue weighted by atomic mass is 35.5. The van der Waals surface area contributed by atoms with Crippen molar-refractivity contribution in [1.82, 2.24) is 5.32 Å². The van der Waals surface area contributed by atoms with Crippen LogP contribution in [0, 0.1) is 0 Å². The molecule has 0 heterocycles. The van der Waals surface area contributed by atoms with Crippen LogP contribution in [0.1, 0.15) is 18.9 Å². The second-order valence-corrected chi connectivity index (χ2v) is 10.2. The average molecular weight is 475 g/mol. The van der Waals surface area contributed by atoms with E-state index in [0.717, 1.165) is 26.9 Å². The Balaban J connectivity index is 1.97. The first kappa shape index (κ1) is 23.9. The van der Waals surface area contributed by atoms with Gasteiger partial charge in [0.05, 0.1) is 11.9 Å². The second-order valence-electron chi connectivity index (χ2n) is 6.39. The van der Waals surface area contributed by atoms with E-state index in [9.17, 15) is 13.2 Å². The van der Waals surface area contributed by atoms with E-state index in [0.29, 0.717) is 29.4 Å². The van der Waals surface area contributed by atoms with Gasteiger partial charge in [0.15, 0.2) is 0 Å². The lowest BCUT2D eigenvalue weighted by Gasteiger charge is -2.30. The maximum atomic E-state index is 12.7. The van der Waals surface area contributed by atoms with Crippen LogP contribution in [0.3, 0.4) is 0 Å². The van der Waals surface area contributed by atoms with Gasteiger partial charge in [-0.25, -0.2) is 8.42 Å². The Labute approximate surface area is 186 Å². The van der Waals surface area contributed by atoms with Crippen molar-refractivity contribution in [3.63, 3.8) is 0 Å². The lowest BCUT2D eigenvalue weighted by Crippen LogP contribution is -2.49. The van der Waals surface area contributed by atoms with E-state index in [1.54, 1.807) is 43.0 Å². The highest BCUT2D eigenvalue weighted by Gasteiger charge is 2.31. The summed E-state index contributed by atoms with van der Waals surface area (Å²) >= 11 is 13.7. The number of halogens is 2. The van der Waals surface area contributed by atoms with Crippen LogP contribution < -0.4 is 9.62 Å². The third-order valence-electron chi connectivity index (χ3n) is 4.17. The van der Waals surface area contributed by atoms with E-state index in [4.69, 9.17) is 23.2 Å². The number of hydrogen-bond acceptors (Lipinski definition) is 4. The van der Waals surface area contributed by atoms with Gasteiger partial charge < -0.3 is 5.32 Å². The molecule has 9 heteroatoms. The summed E-state index contributed by atoms with van der Waals surface area (Å²) in [6.07, 6.45) is 1.44. The molecular formula is C20H24Cl2N2O3S2. The molecule has 158 valence electrons. The topological polar surface area (TPSA) is 66.5 Å². The van der Waals surface area contributed by atoms with Crippen molar-refractivity contribution >= 4 is 56.6 Å². The SMILES string of the molecule is CC[C@H](C(=O)NCCSCc1ccccc1Cl)N(c1ccc(Cl)cc1)S(C)(=O)=O. The fraction of sp³-hybridized carbons (Fsp3) is 0.350. The van der Waals surface area contributed by atoms with Crippen LogP contribution in [0.5, 0.6) is 0 Å². The Morgan fingerprint density at radius 2 is 1.79 bits per heavy atom. The molecule has 0 aliphatic heterocycles. The van der Waals surface area contributed by atoms with Gasteiger partial charge in [0, 0.05) is 28.1 Å². The highest BCUT2D eigenvalue weighted by molar-refractivity contribution is 7.98. The molecule has 0 saturated carbocycles. The number of carbonyl (C=O) groups excluding carboxylic acids is 1. The normalized spacial score (nSPS) is 12.4. The molecule has 2 aromatic rings. The molecule has 0 radical (unpaired) electrons. The number of carbonyl (C=O) groups is 1. The van der Waals surface area contributed by atoms with E-state index in [1.165, 1.54) is 0 Å². The smallest absolute Gasteiger partial charge is 0.243 e. The van der Waals surface area contributed by atoms with Gasteiger partial charge in [-0.1, -0.05) is 48.3 Å². The Morgan fingerprint density at radius 1 is 1.14 bits per heavy atom. The zero-order valence-corrected chi connectivity index (χ0v) is 19.4. The minimum Gasteiger partial charge on any atom is -0.353 e. The maximum Gasteiger partial charge on any atom is 0.243 e. The third-order valence-corrected chi connectivity index (χ3v) is 6.98. The largest absolute Gasteiger partial charge is 0.353 e. The zero-order chi connectivity index (χ0) is 21.4. The first-order valence-corrected chi connectivity index (χ1v) is 12.8. The monoisotopic (exact) mass is 474 g/mol. The fourth-order valence-electron chi connectivity index (χ4n) is 2.81. The Morgan fingerprint density at radius 3 is 2.38 bits per heavy atom. The van der Waals surface area contributed by atoms with Crippen LogP contribution in [0.4, 0.5) is 5.69 Å². The fourth-order valence-corrected chi connectivity index (χ4v) is 5.29. The summed E-state index contributed by atoms with van der Waals surface area (Å²) < 4.78 is 25.9. The van der Waals surface area contributed by atoms with E-state index in [1.807, 2.05) is 24.3 Å². The number of nitrogens with one attached hydrogen (secondary N) is 1. The number of nitrogens with zero attached hydrogens (tertiary/aromatic N) is 1. The van der Waals surface area contributed by atoms with Gasteiger partial charge in [-0.2, -0.15) is 11.8 Å². The number of sulfonamides is 1. The Kier molecular flexibility index (Phi) is 9.14. The van der Waals surface area contributed by atoms with Crippen molar-refractivity contribution < 1.29 is 13.2 Å². The van der Waals surface area contributed by atoms with Gasteiger partial charge in [0.25, 0.3) is 0 Å². The summed E-state index contributed by atoms with van der Waals surface area (Å²) in [6.45, 7) is 2.22. The number of benzene rings is 2. The third kappa shape index (κ3) is 7.10. The summed E-state index contributed by atoms with van der Waals surface area (Å²) in [7, 11) is -3.65. The maximum absolute atomic E-state index is 12.7. The minimum absolute atomic E-state index is 0.328. The first-order chi connectivity index (χ1) is 13.7. The van der Waals surface area contributed by atoms with Gasteiger partial charge in [-0.15, -0.1) is 0 Å². The van der Waals surface area contributed by atoms with Crippen molar-refractivity contribution in [2.45, 2.75) is 25.1 Å². The van der Waals surface area contributed by atoms with Crippen LogP contribution in [-0.2, 0) is 20.6 Å².